The number of hydroxylamine groups is 1. The first kappa shape index (κ1) is 21.0. The normalized spacial score (nSPS) is 27.5. The number of ether oxygens (including phenoxy) is 5. The number of hydrogen-bond donors (Lipinski definition) is 1. The summed E-state index contributed by atoms with van der Waals surface area (Å²) in [6, 6.07) is 2.33. The number of primary amides is 1. The number of fused-ring (bicyclic) bond motifs is 6. The number of nitrogens with two attached hydrogens (primary N) is 1. The molecule has 3 aliphatic rings. The number of methoxy groups -OCH3 is 4. The molecule has 31 heavy (non-hydrogen) atoms. The van der Waals surface area contributed by atoms with Gasteiger partial charge in [0.25, 0.3) is 0 Å². The molecule has 1 aromatic carbocycles. The van der Waals surface area contributed by atoms with E-state index in [0.29, 0.717) is 23.5 Å². The standard InChI is InChI=1S/C19H23N3O9/c1-26-13-6-9(16(23)27-2)5-11-14(13)10(8-30-17(20)24)19(29-4)15-12(7-21(11)31-19)22(15)18(25)28-3/h5-6,10,12,15H,7-8H2,1-4H3,(H2,20,24)/t10-,12-,15-,19-,22?/m0/s1. The van der Waals surface area contributed by atoms with Crippen molar-refractivity contribution in [2.75, 3.05) is 46.7 Å². The van der Waals surface area contributed by atoms with E-state index in [4.69, 9.17) is 34.3 Å². The smallest absolute Gasteiger partial charge is 0.410 e. The van der Waals surface area contributed by atoms with Gasteiger partial charge in [0.1, 0.15) is 18.4 Å². The molecule has 3 heterocycles. The van der Waals surface area contributed by atoms with Gasteiger partial charge < -0.3 is 29.4 Å². The minimum absolute atomic E-state index is 0.212. The molecule has 12 heteroatoms. The van der Waals surface area contributed by atoms with Crippen LogP contribution in [0.25, 0.3) is 0 Å². The predicted octanol–water partition coefficient (Wildman–Crippen LogP) is 0.588. The molecule has 0 aliphatic carbocycles. The van der Waals surface area contributed by atoms with Crippen LogP contribution in [-0.2, 0) is 23.8 Å². The van der Waals surface area contributed by atoms with Crippen molar-refractivity contribution in [1.29, 1.82) is 0 Å². The van der Waals surface area contributed by atoms with Crippen LogP contribution in [0.4, 0.5) is 15.3 Å². The fourth-order valence-corrected chi connectivity index (χ4v) is 4.57. The number of hydrogen-bond acceptors (Lipinski definition) is 10. The number of carbonyl (C=O) groups excluding carboxylic acids is 3. The number of carbonyl (C=O) groups is 3. The SMILES string of the molecule is COC(=O)c1cc(OC)c2c(c1)N1C[C@H]3[C@H](N3C(=O)OC)[C@@](OC)(O1)[C@H]2COC(N)=O. The monoisotopic (exact) mass is 437 g/mol. The van der Waals surface area contributed by atoms with Gasteiger partial charge in [-0.1, -0.05) is 0 Å². The van der Waals surface area contributed by atoms with Gasteiger partial charge in [0.2, 0.25) is 5.79 Å². The van der Waals surface area contributed by atoms with E-state index in [0.717, 1.165) is 0 Å². The van der Waals surface area contributed by atoms with Crippen molar-refractivity contribution in [2.45, 2.75) is 23.8 Å². The highest BCUT2D eigenvalue weighted by Gasteiger charge is 2.73. The van der Waals surface area contributed by atoms with E-state index in [1.165, 1.54) is 39.4 Å². The quantitative estimate of drug-likeness (QED) is 0.395. The molecule has 0 unspecified atom stereocenters. The molecule has 2 amide bonds. The lowest BCUT2D eigenvalue weighted by Crippen LogP contribution is -2.60. The molecule has 2 fully saturated rings. The molecule has 168 valence electrons. The average molecular weight is 437 g/mol. The fraction of sp³-hybridized carbons (Fsp3) is 0.526. The summed E-state index contributed by atoms with van der Waals surface area (Å²) in [7, 11) is 5.44. The van der Waals surface area contributed by atoms with Gasteiger partial charge in [-0.25, -0.2) is 24.3 Å². The fourth-order valence-electron chi connectivity index (χ4n) is 4.57. The number of esters is 1. The van der Waals surface area contributed by atoms with Gasteiger partial charge in [0, 0.05) is 12.7 Å². The van der Waals surface area contributed by atoms with Crippen LogP contribution in [0.5, 0.6) is 5.75 Å². The highest BCUT2D eigenvalue weighted by atomic mass is 16.8. The molecule has 0 saturated carbocycles. The Bertz CT molecular complexity index is 938. The zero-order valence-electron chi connectivity index (χ0n) is 17.4. The second-order valence-electron chi connectivity index (χ2n) is 7.25. The molecule has 4 rings (SSSR count). The predicted molar refractivity (Wildman–Crippen MR) is 103 cm³/mol. The maximum Gasteiger partial charge on any atom is 0.410 e. The molecule has 0 radical (unpaired) electrons. The van der Waals surface area contributed by atoms with Crippen molar-refractivity contribution in [1.82, 2.24) is 4.90 Å². The lowest BCUT2D eigenvalue weighted by molar-refractivity contribution is -0.265. The summed E-state index contributed by atoms with van der Waals surface area (Å²) in [4.78, 5) is 43.6. The summed E-state index contributed by atoms with van der Waals surface area (Å²) in [5.41, 5.74) is 6.53. The summed E-state index contributed by atoms with van der Waals surface area (Å²) in [5.74, 6) is -2.36. The van der Waals surface area contributed by atoms with Gasteiger partial charge in [-0.2, -0.15) is 0 Å². The molecule has 1 aromatic rings. The first-order valence-electron chi connectivity index (χ1n) is 9.43. The van der Waals surface area contributed by atoms with Gasteiger partial charge in [-0.3, -0.25) is 4.90 Å². The van der Waals surface area contributed by atoms with Crippen LogP contribution in [0, 0.1) is 0 Å². The molecule has 0 aromatic heterocycles. The molecule has 0 spiro atoms. The van der Waals surface area contributed by atoms with E-state index in [9.17, 15) is 14.4 Å². The Morgan fingerprint density at radius 1 is 1.19 bits per heavy atom. The van der Waals surface area contributed by atoms with Gasteiger partial charge in [0.15, 0.2) is 0 Å². The topological polar surface area (TPSA) is 139 Å². The third-order valence-electron chi connectivity index (χ3n) is 5.91. The van der Waals surface area contributed by atoms with Crippen molar-refractivity contribution < 1.29 is 42.9 Å². The Morgan fingerprint density at radius 2 is 1.94 bits per heavy atom. The van der Waals surface area contributed by atoms with Gasteiger partial charge in [-0.15, -0.1) is 0 Å². The maximum absolute atomic E-state index is 12.3. The molecule has 4 atom stereocenters. The summed E-state index contributed by atoms with van der Waals surface area (Å²) < 4.78 is 26.2. The Hall–Kier alpha value is -3.25. The lowest BCUT2D eigenvalue weighted by Gasteiger charge is -2.49. The highest BCUT2D eigenvalue weighted by Crippen LogP contribution is 2.58. The molecule has 12 nitrogen and oxygen atoms in total. The first-order chi connectivity index (χ1) is 14.8. The highest BCUT2D eigenvalue weighted by molar-refractivity contribution is 5.92. The summed E-state index contributed by atoms with van der Waals surface area (Å²) in [5, 5.41) is 1.54. The van der Waals surface area contributed by atoms with Crippen LogP contribution < -0.4 is 15.5 Å². The van der Waals surface area contributed by atoms with Crippen LogP contribution in [0.15, 0.2) is 12.1 Å². The molecule has 2 bridgehead atoms. The van der Waals surface area contributed by atoms with Crippen molar-refractivity contribution in [2.24, 2.45) is 5.73 Å². The van der Waals surface area contributed by atoms with Crippen LogP contribution in [0.1, 0.15) is 21.8 Å². The van der Waals surface area contributed by atoms with Crippen LogP contribution >= 0.6 is 0 Å². The summed E-state index contributed by atoms with van der Waals surface area (Å²) >= 11 is 0. The third kappa shape index (κ3) is 3.01. The Kier molecular flexibility index (Phi) is 5.06. The number of rotatable bonds is 5. The minimum Gasteiger partial charge on any atom is -0.496 e. The number of anilines is 1. The Labute approximate surface area is 177 Å². The molecular formula is C19H23N3O9. The number of nitrogens with zero attached hydrogens (tertiary/aromatic N) is 2. The molecular weight excluding hydrogens is 414 g/mol. The number of amides is 2. The molecule has 2 saturated heterocycles. The Morgan fingerprint density at radius 3 is 2.52 bits per heavy atom. The number of benzene rings is 1. The van der Waals surface area contributed by atoms with Gasteiger partial charge in [0.05, 0.1) is 51.1 Å². The summed E-state index contributed by atoms with van der Waals surface area (Å²) in [6.07, 6.45) is -1.52. The van der Waals surface area contributed by atoms with E-state index >= 15 is 0 Å². The minimum atomic E-state index is -1.40. The van der Waals surface area contributed by atoms with Crippen LogP contribution in [-0.4, -0.2) is 82.5 Å². The third-order valence-corrected chi connectivity index (χ3v) is 5.91. The Balaban J connectivity index is 1.88. The van der Waals surface area contributed by atoms with Gasteiger partial charge in [-0.05, 0) is 12.1 Å². The van der Waals surface area contributed by atoms with Crippen LogP contribution in [0.2, 0.25) is 0 Å². The van der Waals surface area contributed by atoms with Crippen molar-refractivity contribution in [3.8, 4) is 5.75 Å². The van der Waals surface area contributed by atoms with Crippen molar-refractivity contribution in [3.05, 3.63) is 23.3 Å². The van der Waals surface area contributed by atoms with E-state index in [1.54, 1.807) is 11.1 Å². The second kappa shape index (κ2) is 7.46. The van der Waals surface area contributed by atoms with E-state index in [-0.39, 0.29) is 18.2 Å². The van der Waals surface area contributed by atoms with E-state index in [2.05, 4.69) is 0 Å². The van der Waals surface area contributed by atoms with Crippen molar-refractivity contribution >= 4 is 23.8 Å². The van der Waals surface area contributed by atoms with Crippen molar-refractivity contribution in [3.63, 3.8) is 0 Å². The lowest BCUT2D eigenvalue weighted by atomic mass is 9.82. The van der Waals surface area contributed by atoms with Crippen LogP contribution in [0.3, 0.4) is 0 Å². The average Bonchev–Trinajstić information content (AvgIpc) is 3.51. The summed E-state index contributed by atoms with van der Waals surface area (Å²) in [6.45, 7) is 0.0885. The first-order valence-corrected chi connectivity index (χ1v) is 9.43. The maximum atomic E-state index is 12.3. The largest absolute Gasteiger partial charge is 0.496 e. The molecule has 2 N–H and O–H groups in total. The van der Waals surface area contributed by atoms with Gasteiger partial charge >= 0.3 is 18.2 Å². The van der Waals surface area contributed by atoms with E-state index < -0.39 is 35.9 Å². The zero-order chi connectivity index (χ0) is 22.5. The second-order valence-corrected chi connectivity index (χ2v) is 7.25. The van der Waals surface area contributed by atoms with E-state index in [1.807, 2.05) is 0 Å². The molecule has 3 aliphatic heterocycles. The zero-order valence-corrected chi connectivity index (χ0v) is 17.4.